The number of rotatable bonds is 5. The molecule has 0 atom stereocenters. The number of carbonyl (C=O) groups excluding carboxylic acids is 1. The number of hydrogen-bond acceptors (Lipinski definition) is 4. The van der Waals surface area contributed by atoms with Gasteiger partial charge in [0.1, 0.15) is 0 Å². The van der Waals surface area contributed by atoms with Gasteiger partial charge < -0.3 is 4.74 Å². The lowest BCUT2D eigenvalue weighted by Gasteiger charge is -2.10. The van der Waals surface area contributed by atoms with Crippen molar-refractivity contribution in [1.29, 1.82) is 5.26 Å². The Bertz CT molecular complexity index is 925. The van der Waals surface area contributed by atoms with Gasteiger partial charge in [-0.2, -0.15) is 10.4 Å². The number of nitrogens with zero attached hydrogens (tertiary/aromatic N) is 3. The molecule has 1 N–H and O–H groups in total. The molecule has 6 heteroatoms. The first kappa shape index (κ1) is 17.2. The highest BCUT2D eigenvalue weighted by Gasteiger charge is 2.16. The molecule has 1 amide bonds. The van der Waals surface area contributed by atoms with E-state index >= 15 is 0 Å². The Balaban J connectivity index is 1.77. The molecule has 0 radical (unpaired) electrons. The van der Waals surface area contributed by atoms with Crippen LogP contribution in [-0.2, 0) is 6.42 Å². The van der Waals surface area contributed by atoms with Crippen molar-refractivity contribution in [3.8, 4) is 17.5 Å². The molecule has 3 rings (SSSR count). The number of nitriles is 1. The third-order valence-corrected chi connectivity index (χ3v) is 3.78. The van der Waals surface area contributed by atoms with E-state index in [1.165, 1.54) is 0 Å². The molecule has 0 aliphatic carbocycles. The molecular weight excluding hydrogens is 328 g/mol. The van der Waals surface area contributed by atoms with Crippen LogP contribution in [0.15, 0.2) is 60.8 Å². The van der Waals surface area contributed by atoms with Crippen LogP contribution in [0.4, 0.5) is 10.5 Å². The second-order valence-corrected chi connectivity index (χ2v) is 5.66. The van der Waals surface area contributed by atoms with Crippen LogP contribution in [0.1, 0.15) is 24.6 Å². The molecule has 0 saturated carbocycles. The summed E-state index contributed by atoms with van der Waals surface area (Å²) in [6.45, 7) is 2.06. The number of nitrogens with one attached hydrogen (secondary N) is 1. The van der Waals surface area contributed by atoms with E-state index in [0.717, 1.165) is 24.2 Å². The standard InChI is InChI=1S/C20H18N4O2/c1-2-6-18-19(14-22-24(18)17-7-4-3-5-8-17)26-20(25)23-16-11-9-15(13-21)10-12-16/h3-5,7-12,14H,2,6H2,1H3,(H,23,25). The van der Waals surface area contributed by atoms with Crippen LogP contribution in [-0.4, -0.2) is 15.9 Å². The summed E-state index contributed by atoms with van der Waals surface area (Å²) in [7, 11) is 0. The molecule has 0 saturated heterocycles. The van der Waals surface area contributed by atoms with Gasteiger partial charge >= 0.3 is 6.09 Å². The van der Waals surface area contributed by atoms with Crippen molar-refractivity contribution in [1.82, 2.24) is 9.78 Å². The molecule has 3 aromatic rings. The van der Waals surface area contributed by atoms with Crippen LogP contribution in [0.2, 0.25) is 0 Å². The summed E-state index contributed by atoms with van der Waals surface area (Å²) in [6.07, 6.45) is 2.58. The predicted molar refractivity (Wildman–Crippen MR) is 98.4 cm³/mol. The quantitative estimate of drug-likeness (QED) is 0.746. The van der Waals surface area contributed by atoms with E-state index < -0.39 is 6.09 Å². The lowest BCUT2D eigenvalue weighted by molar-refractivity contribution is 0.214. The Morgan fingerprint density at radius 1 is 1.19 bits per heavy atom. The number of carbonyl (C=O) groups is 1. The van der Waals surface area contributed by atoms with Gasteiger partial charge in [-0.3, -0.25) is 5.32 Å². The Hall–Kier alpha value is -3.59. The van der Waals surface area contributed by atoms with Crippen molar-refractivity contribution in [3.63, 3.8) is 0 Å². The van der Waals surface area contributed by atoms with Crippen LogP contribution >= 0.6 is 0 Å². The molecule has 0 spiro atoms. The van der Waals surface area contributed by atoms with Crippen LogP contribution < -0.4 is 10.1 Å². The largest absolute Gasteiger partial charge is 0.417 e. The Morgan fingerprint density at radius 2 is 1.92 bits per heavy atom. The second-order valence-electron chi connectivity index (χ2n) is 5.66. The van der Waals surface area contributed by atoms with Crippen molar-refractivity contribution in [3.05, 3.63) is 72.1 Å². The van der Waals surface area contributed by atoms with E-state index in [9.17, 15) is 4.79 Å². The van der Waals surface area contributed by atoms with Gasteiger partial charge in [-0.15, -0.1) is 0 Å². The fourth-order valence-corrected chi connectivity index (χ4v) is 2.57. The molecule has 1 heterocycles. The molecule has 0 aliphatic rings. The Morgan fingerprint density at radius 3 is 2.58 bits per heavy atom. The van der Waals surface area contributed by atoms with Crippen molar-refractivity contribution < 1.29 is 9.53 Å². The average molecular weight is 346 g/mol. The van der Waals surface area contributed by atoms with E-state index in [4.69, 9.17) is 10.00 Å². The average Bonchev–Trinajstić information content (AvgIpc) is 3.06. The molecule has 1 aromatic heterocycles. The van der Waals surface area contributed by atoms with Crippen LogP contribution in [0.5, 0.6) is 5.75 Å². The topological polar surface area (TPSA) is 79.9 Å². The number of anilines is 1. The van der Waals surface area contributed by atoms with E-state index in [2.05, 4.69) is 17.3 Å². The van der Waals surface area contributed by atoms with Gasteiger partial charge in [-0.1, -0.05) is 31.5 Å². The summed E-state index contributed by atoms with van der Waals surface area (Å²) < 4.78 is 7.25. The van der Waals surface area contributed by atoms with Gasteiger partial charge in [0.2, 0.25) is 0 Å². The smallest absolute Gasteiger partial charge is 0.406 e. The third-order valence-electron chi connectivity index (χ3n) is 3.78. The normalized spacial score (nSPS) is 10.2. The molecule has 2 aromatic carbocycles. The first-order chi connectivity index (χ1) is 12.7. The molecule has 130 valence electrons. The fourth-order valence-electron chi connectivity index (χ4n) is 2.57. The van der Waals surface area contributed by atoms with Gasteiger partial charge in [0, 0.05) is 5.69 Å². The monoisotopic (exact) mass is 346 g/mol. The predicted octanol–water partition coefficient (Wildman–Crippen LogP) is 4.31. The van der Waals surface area contributed by atoms with Crippen molar-refractivity contribution in [2.24, 2.45) is 0 Å². The Labute approximate surface area is 151 Å². The van der Waals surface area contributed by atoms with Gasteiger partial charge in [-0.25, -0.2) is 9.48 Å². The second kappa shape index (κ2) is 7.99. The number of benzene rings is 2. The van der Waals surface area contributed by atoms with Crippen LogP contribution in [0, 0.1) is 11.3 Å². The highest BCUT2D eigenvalue weighted by Crippen LogP contribution is 2.23. The number of ether oxygens (including phenoxy) is 1. The van der Waals surface area contributed by atoms with Gasteiger partial charge in [0.15, 0.2) is 5.75 Å². The zero-order valence-corrected chi connectivity index (χ0v) is 14.3. The fraction of sp³-hybridized carbons (Fsp3) is 0.150. The molecule has 26 heavy (non-hydrogen) atoms. The maximum Gasteiger partial charge on any atom is 0.417 e. The summed E-state index contributed by atoms with van der Waals surface area (Å²) in [5.41, 5.74) is 2.84. The lowest BCUT2D eigenvalue weighted by Crippen LogP contribution is -2.17. The molecule has 0 fully saturated rings. The minimum absolute atomic E-state index is 0.432. The highest BCUT2D eigenvalue weighted by atomic mass is 16.6. The van der Waals surface area contributed by atoms with Crippen molar-refractivity contribution in [2.45, 2.75) is 19.8 Å². The third kappa shape index (κ3) is 3.90. The molecule has 6 nitrogen and oxygen atoms in total. The highest BCUT2D eigenvalue weighted by molar-refractivity contribution is 5.86. The van der Waals surface area contributed by atoms with Crippen LogP contribution in [0.25, 0.3) is 5.69 Å². The van der Waals surface area contributed by atoms with E-state index in [1.54, 1.807) is 35.1 Å². The van der Waals surface area contributed by atoms with E-state index in [1.807, 2.05) is 36.4 Å². The first-order valence-corrected chi connectivity index (χ1v) is 8.32. The number of amides is 1. The van der Waals surface area contributed by atoms with Gasteiger partial charge in [0.05, 0.1) is 29.2 Å². The summed E-state index contributed by atoms with van der Waals surface area (Å²) in [6, 6.07) is 18.3. The van der Waals surface area contributed by atoms with E-state index in [-0.39, 0.29) is 0 Å². The maximum atomic E-state index is 12.2. The first-order valence-electron chi connectivity index (χ1n) is 8.32. The van der Waals surface area contributed by atoms with Gasteiger partial charge in [0.25, 0.3) is 0 Å². The van der Waals surface area contributed by atoms with Crippen LogP contribution in [0.3, 0.4) is 0 Å². The van der Waals surface area contributed by atoms with E-state index in [0.29, 0.717) is 17.0 Å². The SMILES string of the molecule is CCCc1c(OC(=O)Nc2ccc(C#N)cc2)cnn1-c1ccccc1. The van der Waals surface area contributed by atoms with Gasteiger partial charge in [-0.05, 0) is 42.8 Å². The molecule has 0 unspecified atom stereocenters. The number of hydrogen-bond donors (Lipinski definition) is 1. The number of aromatic nitrogens is 2. The van der Waals surface area contributed by atoms with Crippen molar-refractivity contribution >= 4 is 11.8 Å². The number of para-hydroxylation sites is 1. The lowest BCUT2D eigenvalue weighted by atomic mass is 10.2. The summed E-state index contributed by atoms with van der Waals surface area (Å²) in [5, 5.41) is 15.8. The maximum absolute atomic E-state index is 12.2. The zero-order chi connectivity index (χ0) is 18.4. The Kier molecular flexibility index (Phi) is 5.30. The minimum Gasteiger partial charge on any atom is -0.406 e. The molecular formula is C20H18N4O2. The summed E-state index contributed by atoms with van der Waals surface area (Å²) in [4.78, 5) is 12.2. The summed E-state index contributed by atoms with van der Waals surface area (Å²) in [5.74, 6) is 0.432. The molecule has 0 bridgehead atoms. The van der Waals surface area contributed by atoms with Crippen molar-refractivity contribution in [2.75, 3.05) is 5.32 Å². The zero-order valence-electron chi connectivity index (χ0n) is 14.3. The minimum atomic E-state index is -0.598. The molecule has 0 aliphatic heterocycles. The summed E-state index contributed by atoms with van der Waals surface area (Å²) >= 11 is 0.